The zero-order valence-electron chi connectivity index (χ0n) is 31.2. The predicted molar refractivity (Wildman–Crippen MR) is 176 cm³/mol. The van der Waals surface area contributed by atoms with Gasteiger partial charge in [-0.3, -0.25) is 19.2 Å². The lowest BCUT2D eigenvalue weighted by Crippen LogP contribution is -2.58. The lowest BCUT2D eigenvalue weighted by molar-refractivity contribution is -0.290. The molecule has 0 aromatic heterocycles. The van der Waals surface area contributed by atoms with E-state index in [1.165, 1.54) is 13.8 Å². The van der Waals surface area contributed by atoms with Gasteiger partial charge < -0.3 is 42.8 Å². The van der Waals surface area contributed by atoms with E-state index in [0.717, 1.165) is 6.42 Å². The number of nitrogens with zero attached hydrogens (tertiary/aromatic N) is 1. The predicted octanol–water partition coefficient (Wildman–Crippen LogP) is 3.68. The summed E-state index contributed by atoms with van der Waals surface area (Å²) in [5.74, 6) is -4.44. The number of cyclic esters (lactones) is 1. The summed E-state index contributed by atoms with van der Waals surface area (Å²) in [6.07, 6.45) is -2.90. The molecule has 0 amide bonds. The van der Waals surface area contributed by atoms with Crippen LogP contribution >= 0.6 is 0 Å². The summed E-state index contributed by atoms with van der Waals surface area (Å²) < 4.78 is 49.3. The number of epoxide rings is 1. The Morgan fingerprint density at radius 2 is 1.47 bits per heavy atom. The van der Waals surface area contributed by atoms with E-state index >= 15 is 0 Å². The summed E-state index contributed by atoms with van der Waals surface area (Å²) in [5, 5.41) is 0. The van der Waals surface area contributed by atoms with Crippen molar-refractivity contribution in [1.82, 2.24) is 4.90 Å². The highest BCUT2D eigenvalue weighted by Gasteiger charge is 2.58. The normalized spacial score (nSPS) is 43.9. The molecule has 4 rings (SSSR count). The van der Waals surface area contributed by atoms with E-state index in [0.29, 0.717) is 25.9 Å². The molecule has 0 aromatic carbocycles. The van der Waals surface area contributed by atoms with Crippen LogP contribution in [0, 0.1) is 29.6 Å². The Kier molecular flexibility index (Phi) is 13.3. The minimum Gasteiger partial charge on any atom is -0.462 e. The Labute approximate surface area is 291 Å². The minimum absolute atomic E-state index is 0.183. The first-order valence-corrected chi connectivity index (χ1v) is 17.9. The fraction of sp³-hybridized carbons (Fsp3) is 0.889. The number of ether oxygens (including phenoxy) is 8. The second kappa shape index (κ2) is 16.5. The molecule has 0 radical (unpaired) electrons. The minimum atomic E-state index is -1.11. The fourth-order valence-corrected chi connectivity index (χ4v) is 7.91. The van der Waals surface area contributed by atoms with Crippen molar-refractivity contribution in [2.75, 3.05) is 27.3 Å². The maximum Gasteiger partial charge on any atom is 0.311 e. The van der Waals surface area contributed by atoms with Crippen LogP contribution in [0.2, 0.25) is 0 Å². The average molecular weight is 698 g/mol. The Balaban J connectivity index is 1.78. The number of carbonyl (C=O) groups excluding carboxylic acids is 4. The highest BCUT2D eigenvalue weighted by molar-refractivity contribution is 5.92. The summed E-state index contributed by atoms with van der Waals surface area (Å²) >= 11 is 0. The van der Waals surface area contributed by atoms with Crippen molar-refractivity contribution in [2.24, 2.45) is 29.6 Å². The van der Waals surface area contributed by atoms with Crippen LogP contribution in [0.1, 0.15) is 88.0 Å². The highest BCUT2D eigenvalue weighted by atomic mass is 16.7. The molecule has 49 heavy (non-hydrogen) atoms. The molecule has 0 bridgehead atoms. The van der Waals surface area contributed by atoms with Crippen molar-refractivity contribution in [3.05, 3.63) is 0 Å². The molecule has 4 fully saturated rings. The van der Waals surface area contributed by atoms with E-state index in [9.17, 15) is 19.2 Å². The van der Waals surface area contributed by atoms with E-state index in [1.807, 2.05) is 46.7 Å². The van der Waals surface area contributed by atoms with Crippen molar-refractivity contribution in [3.8, 4) is 0 Å². The molecule has 13 nitrogen and oxygen atoms in total. The molecule has 4 saturated heterocycles. The average Bonchev–Trinajstić information content (AvgIpc) is 3.61. The molecule has 1 spiro atoms. The standard InChI is InChI=1S/C36H59NO12/c1-18-16-36(17-43-36)33(40)22(5)30(46-25(8)38)20(3)24(7)45-34(41)23(6)31(48-28-13-12-14-42-28)21(4)29(18)49-35-32(47-26(9)39)27(37(10)11)15-19(2)44-35/h18-24,27-32,35H,12-17H2,1-11H3/t18?,19?,20-,21?,22+,23?,24?,27?,28-,29-,30-,31?,32+,35?,36+/m0/s1. The number of likely N-dealkylation sites (N-methyl/N-ethyl adjacent to an activating group) is 1. The first kappa shape index (κ1) is 39.6. The molecule has 280 valence electrons. The van der Waals surface area contributed by atoms with Gasteiger partial charge in [-0.15, -0.1) is 0 Å². The van der Waals surface area contributed by atoms with Crippen molar-refractivity contribution in [2.45, 2.75) is 149 Å². The molecular weight excluding hydrogens is 638 g/mol. The SMILES string of the molecule is CC(=O)O[C@H]1C(O[C@H]2C(C)C[C@@]3(CO3)C(=O)[C@H](C)[C@@H](OC(C)=O)[C@@H](C)C(C)OC(=O)C(C)C(O[C@H]3CCCO3)C2C)OC(C)CC1N(C)C. The van der Waals surface area contributed by atoms with Gasteiger partial charge in [0.25, 0.3) is 0 Å². The van der Waals surface area contributed by atoms with Crippen LogP contribution in [0.4, 0.5) is 0 Å². The first-order valence-electron chi connectivity index (χ1n) is 17.9. The molecule has 8 unspecified atom stereocenters. The lowest BCUT2D eigenvalue weighted by Gasteiger charge is -2.46. The van der Waals surface area contributed by atoms with E-state index in [-0.39, 0.29) is 30.5 Å². The van der Waals surface area contributed by atoms with Crippen LogP contribution in [0.15, 0.2) is 0 Å². The van der Waals surface area contributed by atoms with Gasteiger partial charge in [0.05, 0.1) is 42.8 Å². The summed E-state index contributed by atoms with van der Waals surface area (Å²) in [7, 11) is 3.85. The van der Waals surface area contributed by atoms with Gasteiger partial charge in [0.15, 0.2) is 30.1 Å². The number of Topliss-reactive ketones (excluding diaryl/α,β-unsaturated/α-hetero) is 1. The molecule has 0 N–H and O–H groups in total. The molecule has 0 aromatic rings. The maximum absolute atomic E-state index is 14.2. The lowest BCUT2D eigenvalue weighted by atomic mass is 9.76. The Morgan fingerprint density at radius 1 is 0.837 bits per heavy atom. The number of hydrogen-bond donors (Lipinski definition) is 0. The fourth-order valence-electron chi connectivity index (χ4n) is 7.91. The van der Waals surface area contributed by atoms with Crippen molar-refractivity contribution in [3.63, 3.8) is 0 Å². The molecule has 0 aliphatic carbocycles. The molecule has 4 heterocycles. The van der Waals surface area contributed by atoms with Crippen LogP contribution in [0.3, 0.4) is 0 Å². The van der Waals surface area contributed by atoms with E-state index in [4.69, 9.17) is 37.9 Å². The van der Waals surface area contributed by atoms with Crippen molar-refractivity contribution >= 4 is 23.7 Å². The number of esters is 3. The van der Waals surface area contributed by atoms with Gasteiger partial charge in [-0.1, -0.05) is 27.7 Å². The second-order valence-electron chi connectivity index (χ2n) is 15.1. The number of carbonyl (C=O) groups is 4. The summed E-state index contributed by atoms with van der Waals surface area (Å²) in [6, 6.07) is -0.183. The van der Waals surface area contributed by atoms with Gasteiger partial charge in [-0.05, 0) is 60.0 Å². The largest absolute Gasteiger partial charge is 0.462 e. The maximum atomic E-state index is 14.2. The first-order chi connectivity index (χ1) is 22.9. The molecule has 15 atom stereocenters. The zero-order valence-corrected chi connectivity index (χ0v) is 31.2. The van der Waals surface area contributed by atoms with E-state index in [1.54, 1.807) is 20.8 Å². The summed E-state index contributed by atoms with van der Waals surface area (Å²) in [5.41, 5.74) is -1.11. The molecule has 4 aliphatic rings. The van der Waals surface area contributed by atoms with Gasteiger partial charge in [-0.2, -0.15) is 0 Å². The van der Waals surface area contributed by atoms with Crippen LogP contribution in [-0.4, -0.2) is 117 Å². The third-order valence-corrected chi connectivity index (χ3v) is 10.9. The monoisotopic (exact) mass is 697 g/mol. The van der Waals surface area contributed by atoms with Gasteiger partial charge in [-0.25, -0.2) is 0 Å². The summed E-state index contributed by atoms with van der Waals surface area (Å²) in [4.78, 5) is 54.7. The van der Waals surface area contributed by atoms with Gasteiger partial charge in [0, 0.05) is 38.7 Å². The third kappa shape index (κ3) is 9.39. The molecule has 4 aliphatic heterocycles. The van der Waals surface area contributed by atoms with Crippen LogP contribution < -0.4 is 0 Å². The van der Waals surface area contributed by atoms with E-state index < -0.39 is 90.3 Å². The number of rotatable bonds is 7. The second-order valence-corrected chi connectivity index (χ2v) is 15.1. The Morgan fingerprint density at radius 3 is 2.02 bits per heavy atom. The van der Waals surface area contributed by atoms with Gasteiger partial charge >= 0.3 is 17.9 Å². The highest BCUT2D eigenvalue weighted by Crippen LogP contribution is 2.43. The Bertz CT molecular complexity index is 1170. The summed E-state index contributed by atoms with van der Waals surface area (Å²) in [6.45, 7) is 16.4. The van der Waals surface area contributed by atoms with Crippen LogP contribution in [-0.2, 0) is 57.1 Å². The van der Waals surface area contributed by atoms with Crippen LogP contribution in [0.25, 0.3) is 0 Å². The molecular formula is C36H59NO12. The third-order valence-electron chi connectivity index (χ3n) is 10.9. The molecule has 13 heteroatoms. The van der Waals surface area contributed by atoms with Gasteiger partial charge in [0.2, 0.25) is 0 Å². The quantitative estimate of drug-likeness (QED) is 0.217. The van der Waals surface area contributed by atoms with Gasteiger partial charge in [0.1, 0.15) is 12.2 Å². The van der Waals surface area contributed by atoms with Crippen molar-refractivity contribution in [1.29, 1.82) is 0 Å². The van der Waals surface area contributed by atoms with E-state index in [2.05, 4.69) is 0 Å². The topological polar surface area (TPSA) is 149 Å². The molecule has 0 saturated carbocycles. The number of ketones is 1. The number of hydrogen-bond acceptors (Lipinski definition) is 13. The smallest absolute Gasteiger partial charge is 0.311 e. The Hall–Kier alpha value is -2.16. The zero-order chi connectivity index (χ0) is 36.4. The van der Waals surface area contributed by atoms with Crippen LogP contribution in [0.5, 0.6) is 0 Å². The van der Waals surface area contributed by atoms with Crippen molar-refractivity contribution < 1.29 is 57.1 Å².